The number of carbonyl (C=O) groups excluding carboxylic acids is 1. The standard InChI is InChI=1S/C11H16N2O2/c1-13-11(14)15-8-10(12)7-9-5-3-2-4-6-9/h2-6,10H,7-8,12H2,1H3,(H,13,14). The van der Waals surface area contributed by atoms with E-state index in [4.69, 9.17) is 10.5 Å². The lowest BCUT2D eigenvalue weighted by molar-refractivity contribution is 0.141. The van der Waals surface area contributed by atoms with Crippen molar-refractivity contribution in [3.63, 3.8) is 0 Å². The van der Waals surface area contributed by atoms with Crippen LogP contribution >= 0.6 is 0 Å². The van der Waals surface area contributed by atoms with E-state index in [1.807, 2.05) is 30.3 Å². The van der Waals surface area contributed by atoms with Gasteiger partial charge in [-0.05, 0) is 12.0 Å². The highest BCUT2D eigenvalue weighted by molar-refractivity contribution is 5.66. The zero-order valence-electron chi connectivity index (χ0n) is 8.77. The number of carbonyl (C=O) groups is 1. The quantitative estimate of drug-likeness (QED) is 0.773. The maximum absolute atomic E-state index is 10.8. The Hall–Kier alpha value is -1.55. The maximum Gasteiger partial charge on any atom is 0.406 e. The van der Waals surface area contributed by atoms with E-state index in [2.05, 4.69) is 5.32 Å². The molecule has 3 N–H and O–H groups in total. The van der Waals surface area contributed by atoms with E-state index in [1.165, 1.54) is 7.05 Å². The van der Waals surface area contributed by atoms with E-state index in [0.29, 0.717) is 6.42 Å². The van der Waals surface area contributed by atoms with E-state index in [9.17, 15) is 4.79 Å². The summed E-state index contributed by atoms with van der Waals surface area (Å²) in [7, 11) is 1.52. The van der Waals surface area contributed by atoms with Gasteiger partial charge in [0, 0.05) is 13.1 Å². The second kappa shape index (κ2) is 6.03. The molecular weight excluding hydrogens is 192 g/mol. The first-order valence-corrected chi connectivity index (χ1v) is 4.86. The molecule has 0 saturated heterocycles. The number of amides is 1. The summed E-state index contributed by atoms with van der Waals surface area (Å²) in [6.45, 7) is 0.231. The Bertz CT molecular complexity index is 301. The Morgan fingerprint density at radius 2 is 2.13 bits per heavy atom. The molecule has 0 fully saturated rings. The van der Waals surface area contributed by atoms with E-state index in [-0.39, 0.29) is 12.6 Å². The van der Waals surface area contributed by atoms with Gasteiger partial charge in [0.25, 0.3) is 0 Å². The molecule has 0 saturated carbocycles. The van der Waals surface area contributed by atoms with Crippen molar-refractivity contribution >= 4 is 6.09 Å². The van der Waals surface area contributed by atoms with Gasteiger partial charge in [-0.2, -0.15) is 0 Å². The zero-order chi connectivity index (χ0) is 11.1. The Morgan fingerprint density at radius 3 is 2.73 bits per heavy atom. The van der Waals surface area contributed by atoms with Crippen molar-refractivity contribution in [2.75, 3.05) is 13.7 Å². The highest BCUT2D eigenvalue weighted by atomic mass is 16.5. The molecule has 0 aliphatic heterocycles. The maximum atomic E-state index is 10.8. The van der Waals surface area contributed by atoms with E-state index in [1.54, 1.807) is 0 Å². The van der Waals surface area contributed by atoms with Crippen molar-refractivity contribution in [3.8, 4) is 0 Å². The van der Waals surface area contributed by atoms with Crippen molar-refractivity contribution in [2.24, 2.45) is 5.73 Å². The van der Waals surface area contributed by atoms with Crippen molar-refractivity contribution in [1.29, 1.82) is 0 Å². The summed E-state index contributed by atoms with van der Waals surface area (Å²) in [5, 5.41) is 2.37. The molecule has 1 unspecified atom stereocenters. The van der Waals surface area contributed by atoms with Crippen LogP contribution in [0, 0.1) is 0 Å². The Kier molecular flexibility index (Phi) is 4.63. The summed E-state index contributed by atoms with van der Waals surface area (Å²) < 4.78 is 4.85. The monoisotopic (exact) mass is 208 g/mol. The first-order valence-electron chi connectivity index (χ1n) is 4.86. The van der Waals surface area contributed by atoms with Gasteiger partial charge >= 0.3 is 6.09 Å². The average Bonchev–Trinajstić information content (AvgIpc) is 2.27. The van der Waals surface area contributed by atoms with Crippen molar-refractivity contribution in [1.82, 2.24) is 5.32 Å². The molecule has 4 nitrogen and oxygen atoms in total. The number of ether oxygens (including phenoxy) is 1. The molecule has 0 spiro atoms. The topological polar surface area (TPSA) is 64.3 Å². The lowest BCUT2D eigenvalue weighted by Crippen LogP contribution is -2.32. The van der Waals surface area contributed by atoms with Crippen LogP contribution in [-0.2, 0) is 11.2 Å². The molecule has 0 bridgehead atoms. The van der Waals surface area contributed by atoms with E-state index in [0.717, 1.165) is 5.56 Å². The molecule has 0 radical (unpaired) electrons. The molecule has 1 atom stereocenters. The Morgan fingerprint density at radius 1 is 1.47 bits per heavy atom. The van der Waals surface area contributed by atoms with Crippen LogP contribution in [0.25, 0.3) is 0 Å². The van der Waals surface area contributed by atoms with Gasteiger partial charge < -0.3 is 15.8 Å². The largest absolute Gasteiger partial charge is 0.448 e. The smallest absolute Gasteiger partial charge is 0.406 e. The van der Waals surface area contributed by atoms with E-state index >= 15 is 0 Å². The summed E-state index contributed by atoms with van der Waals surface area (Å²) in [5.41, 5.74) is 6.95. The molecule has 1 aromatic carbocycles. The molecule has 0 aromatic heterocycles. The van der Waals surface area contributed by atoms with Crippen LogP contribution in [0.3, 0.4) is 0 Å². The zero-order valence-corrected chi connectivity index (χ0v) is 8.77. The number of rotatable bonds is 4. The third-order valence-corrected chi connectivity index (χ3v) is 1.97. The fourth-order valence-corrected chi connectivity index (χ4v) is 1.23. The number of alkyl carbamates (subject to hydrolysis) is 1. The van der Waals surface area contributed by atoms with Crippen LogP contribution in [0.15, 0.2) is 30.3 Å². The number of nitrogens with two attached hydrogens (primary N) is 1. The molecule has 4 heteroatoms. The van der Waals surface area contributed by atoms with Gasteiger partial charge in [0.1, 0.15) is 6.61 Å². The van der Waals surface area contributed by atoms with Gasteiger partial charge in [-0.3, -0.25) is 0 Å². The summed E-state index contributed by atoms with van der Waals surface area (Å²) >= 11 is 0. The molecule has 1 aromatic rings. The van der Waals surface area contributed by atoms with Crippen LogP contribution in [0.5, 0.6) is 0 Å². The molecule has 0 heterocycles. The molecule has 82 valence electrons. The van der Waals surface area contributed by atoms with Gasteiger partial charge in [-0.15, -0.1) is 0 Å². The first-order chi connectivity index (χ1) is 7.22. The summed E-state index contributed by atoms with van der Waals surface area (Å²) in [4.78, 5) is 10.8. The number of hydrogen-bond donors (Lipinski definition) is 2. The van der Waals surface area contributed by atoms with Crippen LogP contribution in [0.2, 0.25) is 0 Å². The van der Waals surface area contributed by atoms with Gasteiger partial charge in [0.05, 0.1) is 0 Å². The second-order valence-electron chi connectivity index (χ2n) is 3.30. The first kappa shape index (κ1) is 11.5. The van der Waals surface area contributed by atoms with Crippen LogP contribution in [0.1, 0.15) is 5.56 Å². The Balaban J connectivity index is 2.30. The molecule has 1 amide bonds. The molecule has 1 rings (SSSR count). The van der Waals surface area contributed by atoms with Gasteiger partial charge in [-0.1, -0.05) is 30.3 Å². The van der Waals surface area contributed by atoms with Gasteiger partial charge in [0.2, 0.25) is 0 Å². The minimum absolute atomic E-state index is 0.162. The lowest BCUT2D eigenvalue weighted by Gasteiger charge is -2.11. The average molecular weight is 208 g/mol. The van der Waals surface area contributed by atoms with Crippen LogP contribution in [-0.4, -0.2) is 25.8 Å². The number of benzene rings is 1. The van der Waals surface area contributed by atoms with Gasteiger partial charge in [-0.25, -0.2) is 4.79 Å². The minimum atomic E-state index is -0.446. The molecule has 0 aliphatic carbocycles. The normalized spacial score (nSPS) is 11.9. The van der Waals surface area contributed by atoms with Crippen LogP contribution < -0.4 is 11.1 Å². The fourth-order valence-electron chi connectivity index (χ4n) is 1.23. The van der Waals surface area contributed by atoms with Gasteiger partial charge in [0.15, 0.2) is 0 Å². The minimum Gasteiger partial charge on any atom is -0.448 e. The van der Waals surface area contributed by atoms with Crippen molar-refractivity contribution < 1.29 is 9.53 Å². The van der Waals surface area contributed by atoms with Crippen molar-refractivity contribution in [3.05, 3.63) is 35.9 Å². The SMILES string of the molecule is CNC(=O)OCC(N)Cc1ccccc1. The third-order valence-electron chi connectivity index (χ3n) is 1.97. The highest BCUT2D eigenvalue weighted by Gasteiger charge is 2.06. The van der Waals surface area contributed by atoms with Crippen LogP contribution in [0.4, 0.5) is 4.79 Å². The predicted molar refractivity (Wildman–Crippen MR) is 58.5 cm³/mol. The molecule has 15 heavy (non-hydrogen) atoms. The van der Waals surface area contributed by atoms with E-state index < -0.39 is 6.09 Å². The van der Waals surface area contributed by atoms with Crippen molar-refractivity contribution in [2.45, 2.75) is 12.5 Å². The highest BCUT2D eigenvalue weighted by Crippen LogP contribution is 2.01. The molecular formula is C11H16N2O2. The fraction of sp³-hybridized carbons (Fsp3) is 0.364. The number of nitrogens with one attached hydrogen (secondary N) is 1. The predicted octanol–water partition coefficient (Wildman–Crippen LogP) is 0.912. The second-order valence-corrected chi connectivity index (χ2v) is 3.30. The summed E-state index contributed by atoms with van der Waals surface area (Å²) in [5.74, 6) is 0. The summed E-state index contributed by atoms with van der Waals surface area (Å²) in [6.07, 6.45) is 0.260. The number of hydrogen-bond acceptors (Lipinski definition) is 3. The summed E-state index contributed by atoms with van der Waals surface area (Å²) in [6, 6.07) is 9.71. The lowest BCUT2D eigenvalue weighted by atomic mass is 10.1. The Labute approximate surface area is 89.4 Å². The molecule has 0 aliphatic rings. The third kappa shape index (κ3) is 4.46.